The van der Waals surface area contributed by atoms with E-state index in [1.165, 1.54) is 18.2 Å². The van der Waals surface area contributed by atoms with Gasteiger partial charge in [0.25, 0.3) is 0 Å². The van der Waals surface area contributed by atoms with Gasteiger partial charge in [-0.1, -0.05) is 28.1 Å². The first kappa shape index (κ1) is 14.9. The van der Waals surface area contributed by atoms with Gasteiger partial charge < -0.3 is 10.5 Å². The summed E-state index contributed by atoms with van der Waals surface area (Å²) in [7, 11) is 0. The molecule has 0 fully saturated rings. The highest BCUT2D eigenvalue weighted by Crippen LogP contribution is 2.23. The van der Waals surface area contributed by atoms with Crippen molar-refractivity contribution in [3.05, 3.63) is 63.6 Å². The Morgan fingerprint density at radius 2 is 1.90 bits per heavy atom. The molecule has 5 heteroatoms. The second-order valence-electron chi connectivity index (χ2n) is 4.33. The molecule has 0 saturated heterocycles. The van der Waals surface area contributed by atoms with Gasteiger partial charge in [-0.05, 0) is 42.8 Å². The molecule has 0 aliphatic carbocycles. The van der Waals surface area contributed by atoms with Crippen molar-refractivity contribution in [2.24, 2.45) is 5.73 Å². The first-order chi connectivity index (χ1) is 9.60. The van der Waals surface area contributed by atoms with E-state index in [0.29, 0.717) is 17.4 Å². The topological polar surface area (TPSA) is 35.2 Å². The van der Waals surface area contributed by atoms with Crippen LogP contribution in [0.15, 0.2) is 40.9 Å². The first-order valence-corrected chi connectivity index (χ1v) is 6.94. The molecule has 2 aromatic carbocycles. The van der Waals surface area contributed by atoms with Crippen LogP contribution >= 0.6 is 15.9 Å². The van der Waals surface area contributed by atoms with E-state index in [1.807, 2.05) is 0 Å². The third kappa shape index (κ3) is 3.77. The fourth-order valence-electron chi connectivity index (χ4n) is 1.78. The number of hydrogen-bond acceptors (Lipinski definition) is 2. The Labute approximate surface area is 124 Å². The Bertz CT molecular complexity index is 604. The van der Waals surface area contributed by atoms with Crippen molar-refractivity contribution in [2.45, 2.75) is 13.0 Å². The summed E-state index contributed by atoms with van der Waals surface area (Å²) in [6, 6.07) is 9.06. The zero-order valence-corrected chi connectivity index (χ0v) is 12.3. The molecular formula is C15H14BrF2NO. The summed E-state index contributed by atoms with van der Waals surface area (Å²) in [6.45, 7) is 0.635. The van der Waals surface area contributed by atoms with Crippen LogP contribution in [0.4, 0.5) is 8.78 Å². The Kier molecular flexibility index (Phi) is 5.09. The van der Waals surface area contributed by atoms with Crippen LogP contribution in [0.2, 0.25) is 0 Å². The quantitative estimate of drug-likeness (QED) is 0.897. The monoisotopic (exact) mass is 341 g/mol. The van der Waals surface area contributed by atoms with Gasteiger partial charge in [-0.25, -0.2) is 8.78 Å². The van der Waals surface area contributed by atoms with Crippen LogP contribution in [0.1, 0.15) is 11.1 Å². The lowest BCUT2D eigenvalue weighted by atomic mass is 10.1. The maximum Gasteiger partial charge on any atom is 0.165 e. The molecule has 0 radical (unpaired) electrons. The van der Waals surface area contributed by atoms with Gasteiger partial charge in [-0.15, -0.1) is 0 Å². The van der Waals surface area contributed by atoms with E-state index < -0.39 is 5.82 Å². The highest BCUT2D eigenvalue weighted by atomic mass is 79.9. The summed E-state index contributed by atoms with van der Waals surface area (Å²) >= 11 is 3.24. The van der Waals surface area contributed by atoms with Crippen molar-refractivity contribution < 1.29 is 13.5 Å². The Morgan fingerprint density at radius 3 is 2.55 bits per heavy atom. The molecule has 0 unspecified atom stereocenters. The smallest absolute Gasteiger partial charge is 0.165 e. The number of hydrogen-bond donors (Lipinski definition) is 1. The lowest BCUT2D eigenvalue weighted by Gasteiger charge is -2.10. The summed E-state index contributed by atoms with van der Waals surface area (Å²) in [5.74, 6) is -0.589. The maximum atomic E-state index is 13.8. The standard InChI is InChI=1S/C15H14BrF2NO/c16-13-8-12(17)3-2-11(13)9-20-15-4-1-10(5-6-19)7-14(15)18/h1-4,7-8H,5-6,9,19H2. The SMILES string of the molecule is NCCc1ccc(OCc2ccc(F)cc2Br)c(F)c1. The van der Waals surface area contributed by atoms with Crippen molar-refractivity contribution in [1.29, 1.82) is 0 Å². The number of nitrogens with two attached hydrogens (primary N) is 1. The van der Waals surface area contributed by atoms with Crippen LogP contribution < -0.4 is 10.5 Å². The van der Waals surface area contributed by atoms with Gasteiger partial charge in [0.2, 0.25) is 0 Å². The number of halogens is 3. The van der Waals surface area contributed by atoms with Crippen LogP contribution in [0.25, 0.3) is 0 Å². The minimum absolute atomic E-state index is 0.161. The summed E-state index contributed by atoms with van der Waals surface area (Å²) in [6.07, 6.45) is 0.626. The van der Waals surface area contributed by atoms with Gasteiger partial charge in [0.15, 0.2) is 11.6 Å². The van der Waals surface area contributed by atoms with Gasteiger partial charge in [-0.3, -0.25) is 0 Å². The summed E-state index contributed by atoms with van der Waals surface area (Å²) in [5.41, 5.74) is 7.00. The van der Waals surface area contributed by atoms with Crippen LogP contribution in [0.3, 0.4) is 0 Å². The third-order valence-electron chi connectivity index (χ3n) is 2.83. The van der Waals surface area contributed by atoms with Gasteiger partial charge >= 0.3 is 0 Å². The zero-order valence-electron chi connectivity index (χ0n) is 10.7. The molecule has 0 aliphatic heterocycles. The third-order valence-corrected chi connectivity index (χ3v) is 3.57. The lowest BCUT2D eigenvalue weighted by molar-refractivity contribution is 0.289. The predicted octanol–water partition coefficient (Wildman–Crippen LogP) is 3.81. The summed E-state index contributed by atoms with van der Waals surface area (Å²) in [4.78, 5) is 0. The van der Waals surface area contributed by atoms with Gasteiger partial charge in [0.1, 0.15) is 12.4 Å². The molecule has 0 bridgehead atoms. The van der Waals surface area contributed by atoms with E-state index in [0.717, 1.165) is 11.1 Å². The molecule has 20 heavy (non-hydrogen) atoms. The highest BCUT2D eigenvalue weighted by molar-refractivity contribution is 9.10. The Balaban J connectivity index is 2.07. The molecule has 0 aromatic heterocycles. The average molecular weight is 342 g/mol. The average Bonchev–Trinajstić information content (AvgIpc) is 2.40. The molecule has 2 N–H and O–H groups in total. The molecule has 2 aromatic rings. The van der Waals surface area contributed by atoms with Crippen molar-refractivity contribution >= 4 is 15.9 Å². The molecule has 0 aliphatic rings. The molecule has 0 atom stereocenters. The van der Waals surface area contributed by atoms with E-state index in [1.54, 1.807) is 18.2 Å². The molecule has 2 nitrogen and oxygen atoms in total. The molecule has 0 heterocycles. The van der Waals surface area contributed by atoms with Crippen molar-refractivity contribution in [3.8, 4) is 5.75 Å². The van der Waals surface area contributed by atoms with Crippen molar-refractivity contribution in [2.75, 3.05) is 6.54 Å². The van der Waals surface area contributed by atoms with Crippen LogP contribution in [0, 0.1) is 11.6 Å². The fourth-order valence-corrected chi connectivity index (χ4v) is 2.24. The molecule has 2 rings (SSSR count). The second-order valence-corrected chi connectivity index (χ2v) is 5.18. The molecular weight excluding hydrogens is 328 g/mol. The molecule has 0 saturated carbocycles. The van der Waals surface area contributed by atoms with Gasteiger partial charge in [0.05, 0.1) is 0 Å². The van der Waals surface area contributed by atoms with E-state index in [4.69, 9.17) is 10.5 Å². The van der Waals surface area contributed by atoms with E-state index in [9.17, 15) is 8.78 Å². The van der Waals surface area contributed by atoms with Crippen LogP contribution in [-0.2, 0) is 13.0 Å². The van der Waals surface area contributed by atoms with Crippen LogP contribution in [-0.4, -0.2) is 6.54 Å². The predicted molar refractivity (Wildman–Crippen MR) is 77.6 cm³/mol. The number of benzene rings is 2. The molecule has 0 amide bonds. The Hall–Kier alpha value is -1.46. The first-order valence-electron chi connectivity index (χ1n) is 6.15. The highest BCUT2D eigenvalue weighted by Gasteiger charge is 2.07. The largest absolute Gasteiger partial charge is 0.486 e. The fraction of sp³-hybridized carbons (Fsp3) is 0.200. The molecule has 0 spiro atoms. The van der Waals surface area contributed by atoms with Crippen molar-refractivity contribution in [3.63, 3.8) is 0 Å². The lowest BCUT2D eigenvalue weighted by Crippen LogP contribution is -2.04. The summed E-state index contributed by atoms with van der Waals surface area (Å²) in [5, 5.41) is 0. The second kappa shape index (κ2) is 6.81. The minimum atomic E-state index is -0.422. The number of ether oxygens (including phenoxy) is 1. The van der Waals surface area contributed by atoms with Crippen LogP contribution in [0.5, 0.6) is 5.75 Å². The van der Waals surface area contributed by atoms with Gasteiger partial charge in [-0.2, -0.15) is 0 Å². The maximum absolute atomic E-state index is 13.8. The summed E-state index contributed by atoms with van der Waals surface area (Å²) < 4.78 is 32.8. The minimum Gasteiger partial charge on any atom is -0.486 e. The van der Waals surface area contributed by atoms with E-state index in [2.05, 4.69) is 15.9 Å². The Morgan fingerprint density at radius 1 is 1.10 bits per heavy atom. The number of rotatable bonds is 5. The molecule has 106 valence electrons. The zero-order chi connectivity index (χ0) is 14.5. The van der Waals surface area contributed by atoms with E-state index >= 15 is 0 Å². The van der Waals surface area contributed by atoms with Gasteiger partial charge in [0, 0.05) is 10.0 Å². The normalized spacial score (nSPS) is 10.6. The van der Waals surface area contributed by atoms with Crippen molar-refractivity contribution in [1.82, 2.24) is 0 Å². The van der Waals surface area contributed by atoms with E-state index in [-0.39, 0.29) is 18.2 Å².